The molecule has 1 nitrogen and oxygen atoms in total. The van der Waals surface area contributed by atoms with E-state index in [2.05, 4.69) is 28.1 Å². The quantitative estimate of drug-likeness (QED) is 0.578. The highest BCUT2D eigenvalue weighted by molar-refractivity contribution is 9.10. The molecule has 2 aromatic carbocycles. The van der Waals surface area contributed by atoms with E-state index in [1.807, 2.05) is 24.3 Å². The van der Waals surface area contributed by atoms with Crippen LogP contribution in [0.3, 0.4) is 0 Å². The second-order valence-electron chi connectivity index (χ2n) is 3.74. The van der Waals surface area contributed by atoms with Crippen LogP contribution in [0.5, 0.6) is 5.75 Å². The van der Waals surface area contributed by atoms with Gasteiger partial charge in [-0.2, -0.15) is 0 Å². The molecule has 0 saturated carbocycles. The van der Waals surface area contributed by atoms with Crippen molar-refractivity contribution in [1.29, 1.82) is 0 Å². The number of halogens is 1. The normalized spacial score (nSPS) is 12.3. The molecule has 73 valence electrons. The maximum absolute atomic E-state index is 11.9. The van der Waals surface area contributed by atoms with E-state index in [9.17, 15) is 5.11 Å². The molecule has 0 spiro atoms. The Morgan fingerprint density at radius 2 is 1.80 bits per heavy atom. The van der Waals surface area contributed by atoms with Crippen molar-refractivity contribution in [3.05, 3.63) is 52.0 Å². The highest BCUT2D eigenvalue weighted by Gasteiger charge is 2.22. The lowest BCUT2D eigenvalue weighted by Gasteiger charge is -2.02. The summed E-state index contributed by atoms with van der Waals surface area (Å²) in [5.41, 5.74) is 4.48. The summed E-state index contributed by atoms with van der Waals surface area (Å²) in [7, 11) is 0. The molecule has 0 atom stereocenters. The van der Waals surface area contributed by atoms with Gasteiger partial charge in [0.2, 0.25) is 0 Å². The zero-order chi connectivity index (χ0) is 10.4. The van der Waals surface area contributed by atoms with Gasteiger partial charge in [0.05, 0.1) is 4.47 Å². The highest BCUT2D eigenvalue weighted by Crippen LogP contribution is 2.43. The number of benzene rings is 2. The molecule has 0 aliphatic heterocycles. The van der Waals surface area contributed by atoms with Crippen LogP contribution in [0.4, 0.5) is 0 Å². The van der Waals surface area contributed by atoms with Gasteiger partial charge in [-0.15, -0.1) is 0 Å². The third-order valence-corrected chi connectivity index (χ3v) is 3.51. The Morgan fingerprint density at radius 3 is 2.67 bits per heavy atom. The first-order chi connectivity index (χ1) is 7.27. The number of rotatable bonds is 0. The average Bonchev–Trinajstić information content (AvgIpc) is 2.63. The summed E-state index contributed by atoms with van der Waals surface area (Å²) in [5, 5.41) is 11.9. The molecule has 0 N–H and O–H groups in total. The van der Waals surface area contributed by atoms with Gasteiger partial charge in [-0.25, -0.2) is 0 Å². The standard InChI is InChI=1S/C13H8BrO/c14-12-6-5-10-9-4-2-1-3-8(9)7-11(10)13(12)15/h1-6H,7H2. The molecular formula is C13H8BrO. The van der Waals surface area contributed by atoms with Crippen LogP contribution in [-0.2, 0) is 11.5 Å². The van der Waals surface area contributed by atoms with Gasteiger partial charge in [0.1, 0.15) is 0 Å². The summed E-state index contributed by atoms with van der Waals surface area (Å²) in [6, 6.07) is 12.1. The van der Waals surface area contributed by atoms with Crippen LogP contribution in [0.25, 0.3) is 11.1 Å². The summed E-state index contributed by atoms with van der Waals surface area (Å²) < 4.78 is 0.661. The molecule has 2 aromatic rings. The monoisotopic (exact) mass is 259 g/mol. The van der Waals surface area contributed by atoms with Gasteiger partial charge in [-0.3, -0.25) is 5.11 Å². The zero-order valence-electron chi connectivity index (χ0n) is 7.96. The predicted octanol–water partition coefficient (Wildman–Crippen LogP) is 4.16. The average molecular weight is 260 g/mol. The fourth-order valence-electron chi connectivity index (χ4n) is 2.15. The molecule has 2 heteroatoms. The summed E-state index contributed by atoms with van der Waals surface area (Å²) in [6.07, 6.45) is 0.768. The van der Waals surface area contributed by atoms with E-state index >= 15 is 0 Å². The zero-order valence-corrected chi connectivity index (χ0v) is 9.54. The van der Waals surface area contributed by atoms with Crippen LogP contribution in [0.1, 0.15) is 11.1 Å². The molecule has 0 fully saturated rings. The smallest absolute Gasteiger partial charge is 0.196 e. The minimum atomic E-state index is 0.128. The van der Waals surface area contributed by atoms with Crippen LogP contribution >= 0.6 is 15.9 Å². The predicted molar refractivity (Wildman–Crippen MR) is 62.5 cm³/mol. The molecule has 0 amide bonds. The molecule has 0 aromatic heterocycles. The number of hydrogen-bond acceptors (Lipinski definition) is 0. The van der Waals surface area contributed by atoms with E-state index in [-0.39, 0.29) is 5.75 Å². The van der Waals surface area contributed by atoms with Crippen molar-refractivity contribution in [3.8, 4) is 16.9 Å². The summed E-state index contributed by atoms with van der Waals surface area (Å²) in [5.74, 6) is 0.128. The lowest BCUT2D eigenvalue weighted by atomic mass is 10.1. The van der Waals surface area contributed by atoms with Crippen molar-refractivity contribution in [2.45, 2.75) is 6.42 Å². The lowest BCUT2D eigenvalue weighted by molar-refractivity contribution is 0.348. The maximum Gasteiger partial charge on any atom is 0.196 e. The molecule has 1 aliphatic carbocycles. The van der Waals surface area contributed by atoms with E-state index < -0.39 is 0 Å². The fourth-order valence-corrected chi connectivity index (χ4v) is 2.53. The Morgan fingerprint density at radius 1 is 1.00 bits per heavy atom. The molecule has 3 rings (SSSR count). The number of hydrogen-bond donors (Lipinski definition) is 0. The molecule has 0 saturated heterocycles. The first-order valence-corrected chi connectivity index (χ1v) is 5.63. The Labute approximate surface area is 96.5 Å². The van der Waals surface area contributed by atoms with E-state index in [0.29, 0.717) is 4.47 Å². The largest absolute Gasteiger partial charge is 0.288 e. The van der Waals surface area contributed by atoms with Gasteiger partial charge >= 0.3 is 0 Å². The van der Waals surface area contributed by atoms with Crippen molar-refractivity contribution in [2.24, 2.45) is 0 Å². The Bertz CT molecular complexity index is 546. The van der Waals surface area contributed by atoms with Crippen LogP contribution in [0.2, 0.25) is 0 Å². The van der Waals surface area contributed by atoms with E-state index in [0.717, 1.165) is 17.5 Å². The molecule has 0 unspecified atom stereocenters. The third-order valence-electron chi connectivity index (χ3n) is 2.89. The summed E-state index contributed by atoms with van der Waals surface area (Å²) in [6.45, 7) is 0. The topological polar surface area (TPSA) is 19.9 Å². The third kappa shape index (κ3) is 1.21. The lowest BCUT2D eigenvalue weighted by Crippen LogP contribution is -1.81. The summed E-state index contributed by atoms with van der Waals surface area (Å²) in [4.78, 5) is 0. The van der Waals surface area contributed by atoms with Gasteiger partial charge < -0.3 is 0 Å². The van der Waals surface area contributed by atoms with Gasteiger partial charge in [0.15, 0.2) is 5.75 Å². The molecule has 0 heterocycles. The van der Waals surface area contributed by atoms with Gasteiger partial charge in [0.25, 0.3) is 0 Å². The maximum atomic E-state index is 11.9. The van der Waals surface area contributed by atoms with Gasteiger partial charge in [-0.1, -0.05) is 30.3 Å². The molecule has 15 heavy (non-hydrogen) atoms. The Hall–Kier alpha value is -1.28. The Kier molecular flexibility index (Phi) is 1.86. The van der Waals surface area contributed by atoms with Crippen LogP contribution in [-0.4, -0.2) is 0 Å². The van der Waals surface area contributed by atoms with Crippen LogP contribution in [0.15, 0.2) is 40.9 Å². The minimum absolute atomic E-state index is 0.128. The van der Waals surface area contributed by atoms with Crippen molar-refractivity contribution >= 4 is 15.9 Å². The van der Waals surface area contributed by atoms with E-state index in [1.54, 1.807) is 0 Å². The van der Waals surface area contributed by atoms with Gasteiger partial charge in [0, 0.05) is 12.0 Å². The fraction of sp³-hybridized carbons (Fsp3) is 0.0769. The molecule has 1 radical (unpaired) electrons. The number of fused-ring (bicyclic) bond motifs is 3. The molecule has 0 bridgehead atoms. The van der Waals surface area contributed by atoms with Crippen LogP contribution in [0, 0.1) is 0 Å². The molecular weight excluding hydrogens is 252 g/mol. The highest BCUT2D eigenvalue weighted by atomic mass is 79.9. The first kappa shape index (κ1) is 8.98. The molecule has 1 aliphatic rings. The first-order valence-electron chi connectivity index (χ1n) is 4.84. The van der Waals surface area contributed by atoms with E-state index in [1.165, 1.54) is 11.1 Å². The van der Waals surface area contributed by atoms with Crippen LogP contribution < -0.4 is 0 Å². The van der Waals surface area contributed by atoms with Crippen molar-refractivity contribution in [3.63, 3.8) is 0 Å². The van der Waals surface area contributed by atoms with E-state index in [4.69, 9.17) is 0 Å². The second-order valence-corrected chi connectivity index (χ2v) is 4.59. The second kappa shape index (κ2) is 3.11. The summed E-state index contributed by atoms with van der Waals surface area (Å²) >= 11 is 3.28. The Balaban J connectivity index is 2.31. The van der Waals surface area contributed by atoms with Crippen molar-refractivity contribution < 1.29 is 5.11 Å². The van der Waals surface area contributed by atoms with Gasteiger partial charge in [-0.05, 0) is 38.7 Å². The minimum Gasteiger partial charge on any atom is -0.288 e. The SMILES string of the molecule is [O]c1c(Br)ccc2c1Cc1ccccc1-2. The van der Waals surface area contributed by atoms with Crippen molar-refractivity contribution in [1.82, 2.24) is 0 Å². The van der Waals surface area contributed by atoms with Crippen molar-refractivity contribution in [2.75, 3.05) is 0 Å².